The smallest absolute Gasteiger partial charge is 0.186 e. The molecule has 114 valence electrons. The number of benzene rings is 1. The number of nitrogens with zero attached hydrogens (tertiary/aromatic N) is 4. The highest BCUT2D eigenvalue weighted by Gasteiger charge is 2.31. The van der Waals surface area contributed by atoms with Crippen LogP contribution in [0.4, 0.5) is 0 Å². The molecule has 0 N–H and O–H groups in total. The highest BCUT2D eigenvalue weighted by molar-refractivity contribution is 6.30. The number of aromatic nitrogens is 3. The highest BCUT2D eigenvalue weighted by Crippen LogP contribution is 2.41. The molecule has 1 aromatic carbocycles. The molecule has 0 radical (unpaired) electrons. The number of aryl methyl sites for hydroxylation is 1. The average Bonchev–Trinajstić information content (AvgIpc) is 3.29. The first kappa shape index (κ1) is 14.9. The van der Waals surface area contributed by atoms with E-state index in [1.54, 1.807) is 0 Å². The molecule has 0 amide bonds. The van der Waals surface area contributed by atoms with Crippen LogP contribution in [-0.2, 0) is 6.54 Å². The highest BCUT2D eigenvalue weighted by atomic mass is 35.5. The van der Waals surface area contributed by atoms with E-state index in [1.807, 2.05) is 28.9 Å². The Morgan fingerprint density at radius 3 is 2.73 bits per heavy atom. The zero-order valence-corrected chi connectivity index (χ0v) is 13.0. The lowest BCUT2D eigenvalue weighted by Gasteiger charge is -2.07. The lowest BCUT2D eigenvalue weighted by molar-refractivity contribution is 0.301. The van der Waals surface area contributed by atoms with Gasteiger partial charge in [-0.15, -0.1) is 5.10 Å². The van der Waals surface area contributed by atoms with E-state index in [4.69, 9.17) is 21.6 Å². The minimum Gasteiger partial charge on any atom is -0.494 e. The van der Waals surface area contributed by atoms with Gasteiger partial charge in [-0.25, -0.2) is 4.68 Å². The molecular weight excluding hydrogens is 300 g/mol. The van der Waals surface area contributed by atoms with Gasteiger partial charge in [0.1, 0.15) is 11.8 Å². The van der Waals surface area contributed by atoms with Crippen molar-refractivity contribution < 1.29 is 4.74 Å². The fraction of sp³-hybridized carbons (Fsp3) is 0.438. The van der Waals surface area contributed by atoms with Crippen molar-refractivity contribution in [3.63, 3.8) is 0 Å². The fourth-order valence-corrected chi connectivity index (χ4v) is 2.54. The van der Waals surface area contributed by atoms with E-state index in [2.05, 4.69) is 16.4 Å². The Balaban J connectivity index is 1.45. The summed E-state index contributed by atoms with van der Waals surface area (Å²) in [7, 11) is 0. The summed E-state index contributed by atoms with van der Waals surface area (Å²) in [5.74, 6) is 1.31. The van der Waals surface area contributed by atoms with Crippen LogP contribution < -0.4 is 4.74 Å². The Kier molecular flexibility index (Phi) is 4.59. The van der Waals surface area contributed by atoms with Crippen molar-refractivity contribution in [1.82, 2.24) is 15.0 Å². The number of rotatable bonds is 7. The maximum absolute atomic E-state index is 9.07. The predicted octanol–water partition coefficient (Wildman–Crippen LogP) is 3.54. The zero-order valence-electron chi connectivity index (χ0n) is 12.2. The molecule has 1 aliphatic carbocycles. The van der Waals surface area contributed by atoms with Crippen LogP contribution in [0.15, 0.2) is 24.3 Å². The van der Waals surface area contributed by atoms with Crippen LogP contribution >= 0.6 is 11.6 Å². The van der Waals surface area contributed by atoms with Gasteiger partial charge in [0.25, 0.3) is 0 Å². The van der Waals surface area contributed by atoms with E-state index in [9.17, 15) is 0 Å². The van der Waals surface area contributed by atoms with Crippen molar-refractivity contribution in [1.29, 1.82) is 5.26 Å². The first-order valence-electron chi connectivity index (χ1n) is 7.50. The van der Waals surface area contributed by atoms with Gasteiger partial charge < -0.3 is 4.74 Å². The molecule has 1 aromatic heterocycles. The van der Waals surface area contributed by atoms with E-state index in [1.165, 1.54) is 0 Å². The summed E-state index contributed by atoms with van der Waals surface area (Å²) < 4.78 is 7.55. The van der Waals surface area contributed by atoms with Crippen molar-refractivity contribution in [2.75, 3.05) is 6.61 Å². The molecule has 0 spiro atoms. The number of hydrogen-bond acceptors (Lipinski definition) is 4. The van der Waals surface area contributed by atoms with Gasteiger partial charge in [-0.1, -0.05) is 16.8 Å². The maximum Gasteiger partial charge on any atom is 0.186 e. The molecule has 1 aliphatic rings. The van der Waals surface area contributed by atoms with Crippen molar-refractivity contribution in [2.45, 2.75) is 38.1 Å². The fourth-order valence-electron chi connectivity index (χ4n) is 2.41. The van der Waals surface area contributed by atoms with Gasteiger partial charge in [0.05, 0.1) is 12.3 Å². The van der Waals surface area contributed by atoms with Crippen molar-refractivity contribution in [2.24, 2.45) is 0 Å². The maximum atomic E-state index is 9.07. The van der Waals surface area contributed by atoms with Crippen LogP contribution in [0.2, 0.25) is 5.02 Å². The van der Waals surface area contributed by atoms with Crippen molar-refractivity contribution in [3.05, 3.63) is 40.7 Å². The summed E-state index contributed by atoms with van der Waals surface area (Å²) in [4.78, 5) is 0. The normalized spacial score (nSPS) is 13.8. The predicted molar refractivity (Wildman–Crippen MR) is 82.9 cm³/mol. The monoisotopic (exact) mass is 316 g/mol. The van der Waals surface area contributed by atoms with Gasteiger partial charge in [-0.05, 0) is 49.9 Å². The summed E-state index contributed by atoms with van der Waals surface area (Å²) >= 11 is 5.83. The third-order valence-corrected chi connectivity index (χ3v) is 3.94. The molecule has 2 aromatic rings. The van der Waals surface area contributed by atoms with Crippen LogP contribution in [0.5, 0.6) is 5.75 Å². The lowest BCUT2D eigenvalue weighted by Crippen LogP contribution is -2.07. The molecule has 22 heavy (non-hydrogen) atoms. The molecule has 0 atom stereocenters. The van der Waals surface area contributed by atoms with Gasteiger partial charge in [0.15, 0.2) is 5.69 Å². The summed E-state index contributed by atoms with van der Waals surface area (Å²) in [5, 5.41) is 17.8. The number of unbranched alkanes of at least 4 members (excludes halogenated alkanes) is 1. The molecule has 0 bridgehead atoms. The molecule has 0 unspecified atom stereocenters. The number of ether oxygens (including phenoxy) is 1. The quantitative estimate of drug-likeness (QED) is 0.733. The molecule has 1 fully saturated rings. The molecule has 0 aliphatic heterocycles. The molecule has 1 heterocycles. The second-order valence-electron chi connectivity index (χ2n) is 5.44. The third kappa shape index (κ3) is 3.58. The second kappa shape index (κ2) is 6.80. The van der Waals surface area contributed by atoms with Crippen LogP contribution in [0.3, 0.4) is 0 Å². The summed E-state index contributed by atoms with van der Waals surface area (Å²) in [5.41, 5.74) is 1.50. The van der Waals surface area contributed by atoms with Crippen LogP contribution in [0, 0.1) is 11.3 Å². The van der Waals surface area contributed by atoms with Crippen LogP contribution in [-0.4, -0.2) is 21.6 Å². The van der Waals surface area contributed by atoms with Gasteiger partial charge in [0.2, 0.25) is 0 Å². The molecular formula is C16H17ClN4O. The molecule has 6 heteroatoms. The van der Waals surface area contributed by atoms with E-state index < -0.39 is 0 Å². The average molecular weight is 317 g/mol. The first-order valence-corrected chi connectivity index (χ1v) is 7.87. The number of nitriles is 1. The van der Waals surface area contributed by atoms with E-state index >= 15 is 0 Å². The summed E-state index contributed by atoms with van der Waals surface area (Å²) in [6.07, 6.45) is 4.15. The van der Waals surface area contributed by atoms with Crippen molar-refractivity contribution >= 4 is 11.6 Å². The lowest BCUT2D eigenvalue weighted by atomic mass is 10.2. The largest absolute Gasteiger partial charge is 0.494 e. The van der Waals surface area contributed by atoms with E-state index in [-0.39, 0.29) is 0 Å². The van der Waals surface area contributed by atoms with Crippen molar-refractivity contribution in [3.8, 4) is 11.8 Å². The van der Waals surface area contributed by atoms with E-state index in [0.29, 0.717) is 23.2 Å². The van der Waals surface area contributed by atoms with Gasteiger partial charge in [-0.3, -0.25) is 0 Å². The van der Waals surface area contributed by atoms with E-state index in [0.717, 1.165) is 43.7 Å². The van der Waals surface area contributed by atoms with Gasteiger partial charge >= 0.3 is 0 Å². The summed E-state index contributed by atoms with van der Waals surface area (Å²) in [6, 6.07) is 9.50. The second-order valence-corrected chi connectivity index (χ2v) is 5.88. The third-order valence-electron chi connectivity index (χ3n) is 3.69. The Morgan fingerprint density at radius 1 is 1.27 bits per heavy atom. The molecule has 1 saturated carbocycles. The topological polar surface area (TPSA) is 63.7 Å². The molecule has 5 nitrogen and oxygen atoms in total. The zero-order chi connectivity index (χ0) is 15.4. The minimum absolute atomic E-state index is 0.481. The summed E-state index contributed by atoms with van der Waals surface area (Å²) in [6.45, 7) is 1.44. The Bertz CT molecular complexity index is 670. The Morgan fingerprint density at radius 2 is 2.05 bits per heavy atom. The standard InChI is InChI=1S/C16H17ClN4O/c17-13-5-7-14(8-6-13)22-10-2-1-9-21-16(12-3-4-12)15(11-18)19-20-21/h5-8,12H,1-4,9-10H2. The number of hydrogen-bond donors (Lipinski definition) is 0. The Hall–Kier alpha value is -2.06. The van der Waals surface area contributed by atoms with Gasteiger partial charge in [0, 0.05) is 17.5 Å². The van der Waals surface area contributed by atoms with Crippen LogP contribution in [0.25, 0.3) is 0 Å². The first-order chi connectivity index (χ1) is 10.8. The van der Waals surface area contributed by atoms with Gasteiger partial charge in [-0.2, -0.15) is 5.26 Å². The van der Waals surface area contributed by atoms with Crippen LogP contribution in [0.1, 0.15) is 43.0 Å². The molecule has 0 saturated heterocycles. The minimum atomic E-state index is 0.481. The Labute approximate surface area is 134 Å². The SMILES string of the molecule is N#Cc1nnn(CCCCOc2ccc(Cl)cc2)c1C1CC1. The number of halogens is 1. The molecule has 3 rings (SSSR count).